The summed E-state index contributed by atoms with van der Waals surface area (Å²) in [6.07, 6.45) is 11.7. The predicted molar refractivity (Wildman–Crippen MR) is 92.5 cm³/mol. The maximum absolute atomic E-state index is 11.9. The molecule has 0 saturated carbocycles. The van der Waals surface area contributed by atoms with E-state index in [9.17, 15) is 14.7 Å². The van der Waals surface area contributed by atoms with Crippen molar-refractivity contribution in [2.45, 2.75) is 96.7 Å². The Morgan fingerprint density at radius 3 is 2.08 bits per heavy atom. The summed E-state index contributed by atoms with van der Waals surface area (Å²) in [7, 11) is 0. The van der Waals surface area contributed by atoms with Crippen LogP contribution in [0.1, 0.15) is 84.5 Å². The van der Waals surface area contributed by atoms with Crippen LogP contribution < -0.4 is 0 Å². The van der Waals surface area contributed by atoms with Crippen molar-refractivity contribution < 1.29 is 24.2 Å². The molecular formula is C19H34O5. The monoisotopic (exact) mass is 342 g/mol. The van der Waals surface area contributed by atoms with Crippen LogP contribution in [0.2, 0.25) is 0 Å². The Balaban J connectivity index is 2.16. The van der Waals surface area contributed by atoms with Crippen LogP contribution in [-0.2, 0) is 19.1 Å². The smallest absolute Gasteiger partial charge is 0.313 e. The Bertz CT molecular complexity index is 369. The van der Waals surface area contributed by atoms with Gasteiger partial charge < -0.3 is 14.6 Å². The summed E-state index contributed by atoms with van der Waals surface area (Å²) in [5.74, 6) is -1.22. The standard InChI is InChI=1S/C19H34O5/c1-3-4-5-6-7-8-9-10-11-12-13-16-18(23-15(2)21)17(14-20)24-19(16)22/h16-18,20H,3-14H2,1-2H3/t16-,17+,18-/m1/s1. The normalized spacial score (nSPS) is 23.3. The van der Waals surface area contributed by atoms with E-state index in [-0.39, 0.29) is 12.6 Å². The summed E-state index contributed by atoms with van der Waals surface area (Å²) in [5, 5.41) is 9.26. The Labute approximate surface area is 146 Å². The average Bonchev–Trinajstić information content (AvgIpc) is 2.84. The molecule has 3 atom stereocenters. The third kappa shape index (κ3) is 7.65. The first-order valence-electron chi connectivity index (χ1n) is 9.58. The molecule has 1 heterocycles. The van der Waals surface area contributed by atoms with Crippen LogP contribution in [0.3, 0.4) is 0 Å². The topological polar surface area (TPSA) is 72.8 Å². The predicted octanol–water partition coefficient (Wildman–Crippen LogP) is 3.76. The number of carbonyl (C=O) groups is 2. The summed E-state index contributed by atoms with van der Waals surface area (Å²) in [5.41, 5.74) is 0. The van der Waals surface area contributed by atoms with Crippen LogP contribution in [0.15, 0.2) is 0 Å². The molecule has 0 bridgehead atoms. The first kappa shape index (κ1) is 20.9. The van der Waals surface area contributed by atoms with Crippen LogP contribution in [0.5, 0.6) is 0 Å². The Hall–Kier alpha value is -1.10. The number of hydrogen-bond donors (Lipinski definition) is 1. The van der Waals surface area contributed by atoms with E-state index in [0.29, 0.717) is 6.42 Å². The number of aliphatic hydroxyl groups is 1. The van der Waals surface area contributed by atoms with Gasteiger partial charge in [0.2, 0.25) is 0 Å². The second-order valence-corrected chi connectivity index (χ2v) is 6.81. The zero-order valence-electron chi connectivity index (χ0n) is 15.3. The van der Waals surface area contributed by atoms with Crippen molar-refractivity contribution in [2.24, 2.45) is 5.92 Å². The minimum Gasteiger partial charge on any atom is -0.458 e. The van der Waals surface area contributed by atoms with E-state index in [1.54, 1.807) is 0 Å². The summed E-state index contributed by atoms with van der Waals surface area (Å²) in [6, 6.07) is 0. The van der Waals surface area contributed by atoms with Crippen LogP contribution in [-0.4, -0.2) is 35.9 Å². The molecule has 5 heteroatoms. The SMILES string of the molecule is CCCCCCCCCCCC[C@H]1C(=O)O[C@@H](CO)[C@@H]1OC(C)=O. The third-order valence-electron chi connectivity index (χ3n) is 4.68. The van der Waals surface area contributed by atoms with Crippen LogP contribution in [0, 0.1) is 5.92 Å². The number of cyclic esters (lactones) is 1. The lowest BCUT2D eigenvalue weighted by Gasteiger charge is -2.19. The molecule has 24 heavy (non-hydrogen) atoms. The van der Waals surface area contributed by atoms with Gasteiger partial charge >= 0.3 is 11.9 Å². The van der Waals surface area contributed by atoms with Gasteiger partial charge in [0, 0.05) is 6.92 Å². The lowest BCUT2D eigenvalue weighted by atomic mass is 9.94. The van der Waals surface area contributed by atoms with Crippen LogP contribution in [0.4, 0.5) is 0 Å². The summed E-state index contributed by atoms with van der Waals surface area (Å²) in [4.78, 5) is 23.1. The molecule has 0 spiro atoms. The molecule has 0 unspecified atom stereocenters. The Morgan fingerprint density at radius 1 is 1.04 bits per heavy atom. The van der Waals surface area contributed by atoms with Gasteiger partial charge in [0.15, 0.2) is 12.2 Å². The average molecular weight is 342 g/mol. The van der Waals surface area contributed by atoms with E-state index in [4.69, 9.17) is 9.47 Å². The summed E-state index contributed by atoms with van der Waals surface area (Å²) >= 11 is 0. The van der Waals surface area contributed by atoms with E-state index in [1.807, 2.05) is 0 Å². The van der Waals surface area contributed by atoms with Crippen LogP contribution in [0.25, 0.3) is 0 Å². The minimum atomic E-state index is -0.713. The van der Waals surface area contributed by atoms with Crippen molar-refractivity contribution in [3.05, 3.63) is 0 Å². The largest absolute Gasteiger partial charge is 0.458 e. The number of aliphatic hydroxyl groups excluding tert-OH is 1. The van der Waals surface area contributed by atoms with Gasteiger partial charge in [0.05, 0.1) is 12.5 Å². The van der Waals surface area contributed by atoms with Gasteiger partial charge in [-0.3, -0.25) is 9.59 Å². The molecule has 140 valence electrons. The van der Waals surface area contributed by atoms with Crippen molar-refractivity contribution >= 4 is 11.9 Å². The molecule has 0 amide bonds. The zero-order chi connectivity index (χ0) is 17.8. The Morgan fingerprint density at radius 2 is 1.58 bits per heavy atom. The maximum Gasteiger partial charge on any atom is 0.313 e. The molecule has 0 radical (unpaired) electrons. The van der Waals surface area contributed by atoms with Gasteiger partial charge in [0.1, 0.15) is 0 Å². The number of unbranched alkanes of at least 4 members (excludes halogenated alkanes) is 9. The van der Waals surface area contributed by atoms with Gasteiger partial charge in [-0.25, -0.2) is 0 Å². The molecule has 1 fully saturated rings. The molecule has 1 saturated heterocycles. The van der Waals surface area contributed by atoms with Gasteiger partial charge in [-0.05, 0) is 6.42 Å². The van der Waals surface area contributed by atoms with Crippen molar-refractivity contribution in [2.75, 3.05) is 6.61 Å². The maximum atomic E-state index is 11.9. The second kappa shape index (κ2) is 12.3. The molecule has 1 rings (SSSR count). The lowest BCUT2D eigenvalue weighted by Crippen LogP contribution is -2.34. The highest BCUT2D eigenvalue weighted by atomic mass is 16.6. The van der Waals surface area contributed by atoms with Crippen molar-refractivity contribution in [3.8, 4) is 0 Å². The Kier molecular flexibility index (Phi) is 10.7. The first-order chi connectivity index (χ1) is 11.6. The zero-order valence-corrected chi connectivity index (χ0v) is 15.3. The molecule has 1 aliphatic rings. The fraction of sp³-hybridized carbons (Fsp3) is 0.895. The number of rotatable bonds is 13. The van der Waals surface area contributed by atoms with Gasteiger partial charge in [0.25, 0.3) is 0 Å². The number of hydrogen-bond acceptors (Lipinski definition) is 5. The van der Waals surface area contributed by atoms with Gasteiger partial charge in [-0.1, -0.05) is 71.1 Å². The quantitative estimate of drug-likeness (QED) is 0.407. The first-order valence-corrected chi connectivity index (χ1v) is 9.58. The third-order valence-corrected chi connectivity index (χ3v) is 4.68. The van der Waals surface area contributed by atoms with E-state index in [0.717, 1.165) is 12.8 Å². The van der Waals surface area contributed by atoms with E-state index < -0.39 is 24.1 Å². The molecule has 0 aromatic carbocycles. The number of esters is 2. The molecule has 1 aliphatic heterocycles. The fourth-order valence-corrected chi connectivity index (χ4v) is 3.32. The molecular weight excluding hydrogens is 308 g/mol. The van der Waals surface area contributed by atoms with E-state index in [2.05, 4.69) is 6.92 Å². The molecule has 0 aromatic heterocycles. The lowest BCUT2D eigenvalue weighted by molar-refractivity contribution is -0.152. The number of carbonyl (C=O) groups excluding carboxylic acids is 2. The highest BCUT2D eigenvalue weighted by molar-refractivity contribution is 5.77. The fourth-order valence-electron chi connectivity index (χ4n) is 3.32. The highest BCUT2D eigenvalue weighted by Gasteiger charge is 2.46. The van der Waals surface area contributed by atoms with Crippen molar-refractivity contribution in [1.82, 2.24) is 0 Å². The highest BCUT2D eigenvalue weighted by Crippen LogP contribution is 2.29. The van der Waals surface area contributed by atoms with E-state index in [1.165, 1.54) is 58.3 Å². The molecule has 1 N–H and O–H groups in total. The van der Waals surface area contributed by atoms with Crippen LogP contribution >= 0.6 is 0 Å². The molecule has 0 aliphatic carbocycles. The second-order valence-electron chi connectivity index (χ2n) is 6.81. The summed E-state index contributed by atoms with van der Waals surface area (Å²) in [6.45, 7) is 3.24. The van der Waals surface area contributed by atoms with E-state index >= 15 is 0 Å². The van der Waals surface area contributed by atoms with Gasteiger partial charge in [-0.15, -0.1) is 0 Å². The van der Waals surface area contributed by atoms with Crippen molar-refractivity contribution in [3.63, 3.8) is 0 Å². The molecule has 5 nitrogen and oxygen atoms in total. The minimum absolute atomic E-state index is 0.307. The number of ether oxygens (including phenoxy) is 2. The van der Waals surface area contributed by atoms with Gasteiger partial charge in [-0.2, -0.15) is 0 Å². The summed E-state index contributed by atoms with van der Waals surface area (Å²) < 4.78 is 10.3. The van der Waals surface area contributed by atoms with Crippen molar-refractivity contribution in [1.29, 1.82) is 0 Å². The molecule has 0 aromatic rings.